The molecular formula is C20H28FN3O3S. The summed E-state index contributed by atoms with van der Waals surface area (Å²) in [4.78, 5) is 6.56. The number of benzene rings is 1. The molecule has 8 heteroatoms. The fourth-order valence-corrected chi connectivity index (χ4v) is 4.78. The number of piperidine rings is 1. The van der Waals surface area contributed by atoms with E-state index in [1.165, 1.54) is 12.1 Å². The summed E-state index contributed by atoms with van der Waals surface area (Å²) in [5.74, 6) is -0.226. The predicted octanol–water partition coefficient (Wildman–Crippen LogP) is 3.19. The van der Waals surface area contributed by atoms with Gasteiger partial charge in [0.2, 0.25) is 15.0 Å². The molecule has 0 unspecified atom stereocenters. The third-order valence-corrected chi connectivity index (χ3v) is 6.95. The molecule has 1 aliphatic heterocycles. The van der Waals surface area contributed by atoms with Gasteiger partial charge in [-0.05, 0) is 37.1 Å². The minimum atomic E-state index is -3.41. The molecule has 1 aromatic heterocycles. The van der Waals surface area contributed by atoms with Gasteiger partial charge >= 0.3 is 0 Å². The number of nitrogens with zero attached hydrogens (tertiary/aromatic N) is 3. The largest absolute Gasteiger partial charge is 0.383 e. The Hall–Kier alpha value is -1.77. The Morgan fingerprint density at radius 2 is 2.00 bits per heavy atom. The minimum Gasteiger partial charge on any atom is -0.383 e. The molecule has 1 aromatic carbocycles. The summed E-state index contributed by atoms with van der Waals surface area (Å²) in [5.41, 5.74) is 1.95. The highest BCUT2D eigenvalue weighted by atomic mass is 32.2. The second kappa shape index (κ2) is 9.15. The van der Waals surface area contributed by atoms with Crippen LogP contribution in [0.5, 0.6) is 0 Å². The lowest BCUT2D eigenvalue weighted by Gasteiger charge is -2.36. The Morgan fingerprint density at radius 3 is 2.68 bits per heavy atom. The number of halogens is 1. The topological polar surface area (TPSA) is 64.4 Å². The normalized spacial score (nSPS) is 18.5. The Kier molecular flexibility index (Phi) is 6.85. The van der Waals surface area contributed by atoms with Gasteiger partial charge in [0.15, 0.2) is 0 Å². The first kappa shape index (κ1) is 21.0. The van der Waals surface area contributed by atoms with Crippen LogP contribution in [0.25, 0.3) is 0 Å². The van der Waals surface area contributed by atoms with Gasteiger partial charge in [-0.2, -0.15) is 0 Å². The van der Waals surface area contributed by atoms with Gasteiger partial charge in [0, 0.05) is 26.2 Å². The average Bonchev–Trinajstić information content (AvgIpc) is 3.11. The Labute approximate surface area is 166 Å². The summed E-state index contributed by atoms with van der Waals surface area (Å²) in [7, 11) is -1.82. The van der Waals surface area contributed by atoms with Crippen LogP contribution in [0.3, 0.4) is 0 Å². The smallest absolute Gasteiger partial charge is 0.227 e. The molecule has 1 saturated heterocycles. The number of aromatic nitrogens is 2. The van der Waals surface area contributed by atoms with E-state index in [9.17, 15) is 12.8 Å². The maximum atomic E-state index is 13.3. The fraction of sp³-hybridized carbons (Fsp3) is 0.550. The minimum absolute atomic E-state index is 0.0123. The Balaban J connectivity index is 1.89. The first-order chi connectivity index (χ1) is 13.5. The molecule has 2 heterocycles. The van der Waals surface area contributed by atoms with Crippen molar-refractivity contribution >= 4 is 9.84 Å². The van der Waals surface area contributed by atoms with Crippen molar-refractivity contribution in [3.63, 3.8) is 0 Å². The first-order valence-electron chi connectivity index (χ1n) is 9.72. The number of likely N-dealkylation sites (tertiary alicyclic amines) is 1. The van der Waals surface area contributed by atoms with Crippen LogP contribution in [0, 0.1) is 5.82 Å². The average molecular weight is 410 g/mol. The molecule has 0 radical (unpaired) electrons. The van der Waals surface area contributed by atoms with Crippen molar-refractivity contribution in [1.29, 1.82) is 0 Å². The molecule has 0 saturated carbocycles. The van der Waals surface area contributed by atoms with Crippen molar-refractivity contribution in [3.05, 3.63) is 47.5 Å². The van der Waals surface area contributed by atoms with E-state index in [2.05, 4.69) is 9.88 Å². The van der Waals surface area contributed by atoms with Crippen LogP contribution in [0.15, 0.2) is 35.6 Å². The number of imidazole rings is 1. The zero-order chi connectivity index (χ0) is 20.1. The van der Waals surface area contributed by atoms with Crippen molar-refractivity contribution in [2.24, 2.45) is 0 Å². The second-order valence-electron chi connectivity index (χ2n) is 7.11. The Bertz CT molecular complexity index is 881. The van der Waals surface area contributed by atoms with Crippen molar-refractivity contribution in [2.45, 2.75) is 50.5 Å². The van der Waals surface area contributed by atoms with E-state index >= 15 is 0 Å². The number of sulfone groups is 1. The first-order valence-corrected chi connectivity index (χ1v) is 11.4. The Morgan fingerprint density at radius 1 is 1.25 bits per heavy atom. The van der Waals surface area contributed by atoms with E-state index in [0.717, 1.165) is 37.1 Å². The highest BCUT2D eigenvalue weighted by molar-refractivity contribution is 7.91. The number of hydrogen-bond donors (Lipinski definition) is 0. The molecule has 154 valence electrons. The van der Waals surface area contributed by atoms with Crippen LogP contribution in [0.2, 0.25) is 0 Å². The molecule has 1 fully saturated rings. The van der Waals surface area contributed by atoms with E-state index in [1.54, 1.807) is 24.8 Å². The summed E-state index contributed by atoms with van der Waals surface area (Å²) >= 11 is 0. The number of ether oxygens (including phenoxy) is 1. The van der Waals surface area contributed by atoms with E-state index in [4.69, 9.17) is 4.74 Å². The summed E-state index contributed by atoms with van der Waals surface area (Å²) in [5, 5.41) is 0.109. The van der Waals surface area contributed by atoms with Crippen LogP contribution < -0.4 is 0 Å². The zero-order valence-corrected chi connectivity index (χ0v) is 17.3. The molecule has 1 atom stereocenters. The van der Waals surface area contributed by atoms with Crippen molar-refractivity contribution in [3.8, 4) is 0 Å². The van der Waals surface area contributed by atoms with E-state index in [0.29, 0.717) is 19.7 Å². The van der Waals surface area contributed by atoms with E-state index in [-0.39, 0.29) is 22.8 Å². The van der Waals surface area contributed by atoms with Crippen LogP contribution in [-0.4, -0.2) is 48.9 Å². The quantitative estimate of drug-likeness (QED) is 0.670. The van der Waals surface area contributed by atoms with Crippen LogP contribution in [0.1, 0.15) is 43.5 Å². The van der Waals surface area contributed by atoms with Gasteiger partial charge in [-0.3, -0.25) is 4.90 Å². The van der Waals surface area contributed by atoms with Gasteiger partial charge in [-0.15, -0.1) is 0 Å². The summed E-state index contributed by atoms with van der Waals surface area (Å²) in [6.45, 7) is 3.98. The maximum Gasteiger partial charge on any atom is 0.227 e. The second-order valence-corrected chi connectivity index (χ2v) is 9.29. The van der Waals surface area contributed by atoms with Crippen molar-refractivity contribution < 1.29 is 17.5 Å². The highest BCUT2D eigenvalue weighted by Crippen LogP contribution is 2.32. The number of hydrogen-bond acceptors (Lipinski definition) is 5. The van der Waals surface area contributed by atoms with E-state index in [1.807, 2.05) is 12.1 Å². The molecule has 0 spiro atoms. The molecule has 0 amide bonds. The molecular weight excluding hydrogens is 381 g/mol. The molecule has 28 heavy (non-hydrogen) atoms. The summed E-state index contributed by atoms with van der Waals surface area (Å²) in [6.07, 6.45) is 4.87. The summed E-state index contributed by atoms with van der Waals surface area (Å²) in [6, 6.07) is 6.86. The van der Waals surface area contributed by atoms with Gasteiger partial charge in [0.1, 0.15) is 5.82 Å². The third kappa shape index (κ3) is 4.61. The number of rotatable bonds is 8. The predicted molar refractivity (Wildman–Crippen MR) is 105 cm³/mol. The maximum absolute atomic E-state index is 13.3. The zero-order valence-electron chi connectivity index (χ0n) is 16.5. The van der Waals surface area contributed by atoms with Gasteiger partial charge < -0.3 is 9.30 Å². The SMILES string of the molecule is CCS(=O)(=O)c1ncc(CN2CCCC[C@@H]2c2ccc(F)cc2)n1CCOC. The molecule has 0 N–H and O–H groups in total. The van der Waals surface area contributed by atoms with Gasteiger partial charge in [-0.25, -0.2) is 17.8 Å². The van der Waals surface area contributed by atoms with Crippen molar-refractivity contribution in [2.75, 3.05) is 26.0 Å². The van der Waals surface area contributed by atoms with Crippen LogP contribution in [-0.2, 0) is 27.7 Å². The highest BCUT2D eigenvalue weighted by Gasteiger charge is 2.27. The lowest BCUT2D eigenvalue weighted by molar-refractivity contribution is 0.134. The lowest BCUT2D eigenvalue weighted by atomic mass is 9.95. The van der Waals surface area contributed by atoms with Crippen molar-refractivity contribution in [1.82, 2.24) is 14.5 Å². The lowest BCUT2D eigenvalue weighted by Crippen LogP contribution is -2.34. The number of methoxy groups -OCH3 is 1. The third-order valence-electron chi connectivity index (χ3n) is 5.31. The van der Waals surface area contributed by atoms with E-state index < -0.39 is 9.84 Å². The molecule has 3 rings (SSSR count). The molecule has 0 aliphatic carbocycles. The summed E-state index contributed by atoms with van der Waals surface area (Å²) < 4.78 is 45.1. The van der Waals surface area contributed by atoms with Crippen LogP contribution >= 0.6 is 0 Å². The molecule has 1 aliphatic rings. The van der Waals surface area contributed by atoms with Gasteiger partial charge in [0.05, 0.1) is 24.3 Å². The monoisotopic (exact) mass is 409 g/mol. The van der Waals surface area contributed by atoms with Gasteiger partial charge in [0.25, 0.3) is 0 Å². The molecule has 0 bridgehead atoms. The van der Waals surface area contributed by atoms with Crippen LogP contribution in [0.4, 0.5) is 4.39 Å². The molecule has 2 aromatic rings. The van der Waals surface area contributed by atoms with Gasteiger partial charge in [-0.1, -0.05) is 25.5 Å². The fourth-order valence-electron chi connectivity index (χ4n) is 3.77. The molecule has 6 nitrogen and oxygen atoms in total. The standard InChI is InChI=1S/C20H28FN3O3S/c1-3-28(25,26)20-22-14-18(24(20)12-13-27-2)15-23-11-5-4-6-19(23)16-7-9-17(21)10-8-16/h7-10,14,19H,3-6,11-13,15H2,1-2H3/t19-/m1/s1.